The smallest absolute Gasteiger partial charge is 0.0152 e. The first-order valence-corrected chi connectivity index (χ1v) is 5.73. The molecule has 0 radical (unpaired) electrons. The maximum absolute atomic E-state index is 2.25. The van der Waals surface area contributed by atoms with E-state index in [0.29, 0.717) is 0 Å². The van der Waals surface area contributed by atoms with Crippen molar-refractivity contribution in [2.45, 2.75) is 27.7 Å². The number of hydrogen-bond acceptors (Lipinski definition) is 0. The van der Waals surface area contributed by atoms with Crippen LogP contribution in [-0.4, -0.2) is 0 Å². The predicted octanol–water partition coefficient (Wildman–Crippen LogP) is 4.59. The second-order valence-electron chi connectivity index (χ2n) is 4.55. The van der Waals surface area contributed by atoms with Gasteiger partial charge in [0.25, 0.3) is 0 Å². The Balaban J connectivity index is 2.61. The Kier molecular flexibility index (Phi) is 2.82. The van der Waals surface area contributed by atoms with Crippen LogP contribution in [0.4, 0.5) is 0 Å². The average Bonchev–Trinajstić information content (AvgIpc) is 2.26. The third-order valence-corrected chi connectivity index (χ3v) is 3.39. The molecular weight excluding hydrogens is 192 g/mol. The summed E-state index contributed by atoms with van der Waals surface area (Å²) in [5, 5.41) is 0. The monoisotopic (exact) mass is 210 g/mol. The second-order valence-corrected chi connectivity index (χ2v) is 4.55. The third-order valence-electron chi connectivity index (χ3n) is 3.39. The Morgan fingerprint density at radius 2 is 1.50 bits per heavy atom. The Hall–Kier alpha value is -1.56. The summed E-state index contributed by atoms with van der Waals surface area (Å²) in [6, 6.07) is 13.1. The zero-order valence-electron chi connectivity index (χ0n) is 10.5. The van der Waals surface area contributed by atoms with E-state index in [0.717, 1.165) is 0 Å². The Morgan fingerprint density at radius 3 is 2.19 bits per heavy atom. The van der Waals surface area contributed by atoms with E-state index in [1.165, 1.54) is 33.4 Å². The molecule has 0 nitrogen and oxygen atoms in total. The number of rotatable bonds is 1. The van der Waals surface area contributed by atoms with Gasteiger partial charge in [0.15, 0.2) is 0 Å². The minimum atomic E-state index is 1.31. The molecule has 0 aliphatic rings. The molecule has 0 saturated carbocycles. The van der Waals surface area contributed by atoms with E-state index in [4.69, 9.17) is 0 Å². The number of hydrogen-bond donors (Lipinski definition) is 0. The van der Waals surface area contributed by atoms with E-state index in [9.17, 15) is 0 Å². The van der Waals surface area contributed by atoms with Crippen molar-refractivity contribution in [3.05, 3.63) is 58.7 Å². The van der Waals surface area contributed by atoms with Crippen LogP contribution in [0.5, 0.6) is 0 Å². The number of benzene rings is 2. The fourth-order valence-corrected chi connectivity index (χ4v) is 2.08. The Labute approximate surface area is 97.9 Å². The first kappa shape index (κ1) is 10.9. The molecule has 0 bridgehead atoms. The van der Waals surface area contributed by atoms with Gasteiger partial charge in [-0.3, -0.25) is 0 Å². The van der Waals surface area contributed by atoms with Crippen LogP contribution in [0, 0.1) is 27.7 Å². The fourth-order valence-electron chi connectivity index (χ4n) is 2.08. The van der Waals surface area contributed by atoms with Gasteiger partial charge >= 0.3 is 0 Å². The molecule has 0 N–H and O–H groups in total. The van der Waals surface area contributed by atoms with Crippen LogP contribution in [0.1, 0.15) is 22.3 Å². The first-order valence-electron chi connectivity index (χ1n) is 5.73. The van der Waals surface area contributed by atoms with Gasteiger partial charge in [-0.15, -0.1) is 0 Å². The summed E-state index contributed by atoms with van der Waals surface area (Å²) in [7, 11) is 0. The lowest BCUT2D eigenvalue weighted by Crippen LogP contribution is -1.90. The van der Waals surface area contributed by atoms with Crippen molar-refractivity contribution in [3.8, 4) is 11.1 Å². The van der Waals surface area contributed by atoms with Gasteiger partial charge in [0.1, 0.15) is 0 Å². The van der Waals surface area contributed by atoms with E-state index in [1.807, 2.05) is 0 Å². The van der Waals surface area contributed by atoms with Gasteiger partial charge in [0.2, 0.25) is 0 Å². The highest BCUT2D eigenvalue weighted by molar-refractivity contribution is 5.69. The lowest BCUT2D eigenvalue weighted by atomic mass is 9.93. The summed E-state index contributed by atoms with van der Waals surface area (Å²) >= 11 is 0. The predicted molar refractivity (Wildman–Crippen MR) is 70.8 cm³/mol. The molecule has 0 aromatic heterocycles. The SMILES string of the molecule is Cc1cccc(-c2ccc(C)c(C)c2C)c1. The van der Waals surface area contributed by atoms with Crippen LogP contribution in [-0.2, 0) is 0 Å². The van der Waals surface area contributed by atoms with E-state index in [1.54, 1.807) is 0 Å². The number of aryl methyl sites for hydroxylation is 2. The van der Waals surface area contributed by atoms with Gasteiger partial charge in [-0.1, -0.05) is 42.0 Å². The summed E-state index contributed by atoms with van der Waals surface area (Å²) < 4.78 is 0. The molecule has 2 rings (SSSR count). The lowest BCUT2D eigenvalue weighted by molar-refractivity contribution is 1.27. The summed E-state index contributed by atoms with van der Waals surface area (Å²) in [6.45, 7) is 8.71. The van der Waals surface area contributed by atoms with E-state index in [-0.39, 0.29) is 0 Å². The maximum Gasteiger partial charge on any atom is -0.0152 e. The molecule has 0 atom stereocenters. The summed E-state index contributed by atoms with van der Waals surface area (Å²) in [6.07, 6.45) is 0. The standard InChI is InChI=1S/C16H18/c1-11-6-5-7-15(10-11)16-9-8-12(2)13(3)14(16)4/h5-10H,1-4H3. The zero-order chi connectivity index (χ0) is 11.7. The summed E-state index contributed by atoms with van der Waals surface area (Å²) in [5.41, 5.74) is 8.15. The molecule has 2 aromatic rings. The highest BCUT2D eigenvalue weighted by Crippen LogP contribution is 2.27. The van der Waals surface area contributed by atoms with Crippen LogP contribution in [0.15, 0.2) is 36.4 Å². The Morgan fingerprint density at radius 1 is 0.750 bits per heavy atom. The third kappa shape index (κ3) is 1.88. The Bertz CT molecular complexity index is 522. The highest BCUT2D eigenvalue weighted by Gasteiger charge is 2.05. The molecule has 0 heterocycles. The topological polar surface area (TPSA) is 0 Å². The van der Waals surface area contributed by atoms with Crippen molar-refractivity contribution >= 4 is 0 Å². The first-order chi connectivity index (χ1) is 7.59. The highest BCUT2D eigenvalue weighted by atomic mass is 14.1. The van der Waals surface area contributed by atoms with Crippen LogP contribution in [0.25, 0.3) is 11.1 Å². The summed E-state index contributed by atoms with van der Waals surface area (Å²) in [5.74, 6) is 0. The molecule has 0 unspecified atom stereocenters. The van der Waals surface area contributed by atoms with Gasteiger partial charge in [0.05, 0.1) is 0 Å². The van der Waals surface area contributed by atoms with Gasteiger partial charge in [-0.05, 0) is 55.5 Å². The molecular formula is C16H18. The van der Waals surface area contributed by atoms with E-state index >= 15 is 0 Å². The van der Waals surface area contributed by atoms with Crippen molar-refractivity contribution in [2.24, 2.45) is 0 Å². The van der Waals surface area contributed by atoms with Crippen LogP contribution in [0.2, 0.25) is 0 Å². The molecule has 0 saturated heterocycles. The second kappa shape index (κ2) is 4.13. The molecule has 82 valence electrons. The fraction of sp³-hybridized carbons (Fsp3) is 0.250. The zero-order valence-corrected chi connectivity index (χ0v) is 10.5. The average molecular weight is 210 g/mol. The minimum absolute atomic E-state index is 1.31. The minimum Gasteiger partial charge on any atom is -0.0614 e. The van der Waals surface area contributed by atoms with Crippen molar-refractivity contribution in [2.75, 3.05) is 0 Å². The summed E-state index contributed by atoms with van der Waals surface area (Å²) in [4.78, 5) is 0. The molecule has 2 aromatic carbocycles. The van der Waals surface area contributed by atoms with Gasteiger partial charge in [0, 0.05) is 0 Å². The largest absolute Gasteiger partial charge is 0.0614 e. The van der Waals surface area contributed by atoms with Crippen molar-refractivity contribution in [1.82, 2.24) is 0 Å². The van der Waals surface area contributed by atoms with Gasteiger partial charge in [-0.25, -0.2) is 0 Å². The molecule has 0 amide bonds. The molecule has 0 aliphatic heterocycles. The van der Waals surface area contributed by atoms with Crippen LogP contribution >= 0.6 is 0 Å². The quantitative estimate of drug-likeness (QED) is 0.646. The molecule has 0 spiro atoms. The van der Waals surface area contributed by atoms with Crippen molar-refractivity contribution < 1.29 is 0 Å². The lowest BCUT2D eigenvalue weighted by Gasteiger charge is -2.11. The van der Waals surface area contributed by atoms with Crippen molar-refractivity contribution in [1.29, 1.82) is 0 Å². The van der Waals surface area contributed by atoms with E-state index in [2.05, 4.69) is 64.1 Å². The van der Waals surface area contributed by atoms with Crippen LogP contribution < -0.4 is 0 Å². The molecule has 0 heteroatoms. The maximum atomic E-state index is 2.25. The molecule has 16 heavy (non-hydrogen) atoms. The van der Waals surface area contributed by atoms with Crippen LogP contribution in [0.3, 0.4) is 0 Å². The normalized spacial score (nSPS) is 10.5. The van der Waals surface area contributed by atoms with Gasteiger partial charge in [-0.2, -0.15) is 0 Å². The van der Waals surface area contributed by atoms with E-state index < -0.39 is 0 Å². The molecule has 0 fully saturated rings. The van der Waals surface area contributed by atoms with Gasteiger partial charge < -0.3 is 0 Å². The van der Waals surface area contributed by atoms with Crippen molar-refractivity contribution in [3.63, 3.8) is 0 Å². The molecule has 0 aliphatic carbocycles.